The van der Waals surface area contributed by atoms with Gasteiger partial charge in [0.25, 0.3) is 5.69 Å². The molecule has 0 atom stereocenters. The first-order valence-electron chi connectivity index (χ1n) is 6.77. The lowest BCUT2D eigenvalue weighted by Crippen LogP contribution is -2.29. The van der Waals surface area contributed by atoms with Crippen LogP contribution in [0.5, 0.6) is 0 Å². The van der Waals surface area contributed by atoms with Crippen molar-refractivity contribution in [2.24, 2.45) is 0 Å². The molecule has 2 rings (SSSR count). The van der Waals surface area contributed by atoms with Crippen LogP contribution in [0.4, 0.5) is 11.4 Å². The number of anilines is 1. The van der Waals surface area contributed by atoms with Crippen LogP contribution < -0.4 is 5.73 Å². The Morgan fingerprint density at radius 2 is 2.05 bits per heavy atom. The second kappa shape index (κ2) is 6.69. The Morgan fingerprint density at radius 1 is 1.29 bits per heavy atom. The Balaban J connectivity index is 2.21. The molecule has 0 bridgehead atoms. The van der Waals surface area contributed by atoms with Crippen LogP contribution in [0, 0.1) is 10.1 Å². The minimum atomic E-state index is -0.433. The third-order valence-corrected chi connectivity index (χ3v) is 4.27. The molecule has 2 N–H and O–H groups in total. The summed E-state index contributed by atoms with van der Waals surface area (Å²) in [6.07, 6.45) is 0. The Hall–Kier alpha value is -1.92. The lowest BCUT2D eigenvalue weighted by Gasteiger charge is -2.26. The number of para-hydroxylation sites is 1. The van der Waals surface area contributed by atoms with E-state index in [4.69, 9.17) is 5.73 Å². The molecule has 1 aromatic carbocycles. The molecule has 0 radical (unpaired) electrons. The molecule has 0 saturated carbocycles. The van der Waals surface area contributed by atoms with Crippen LogP contribution in [0.25, 0.3) is 0 Å². The predicted octanol–water partition coefficient (Wildman–Crippen LogP) is 3.65. The first-order chi connectivity index (χ1) is 9.99. The van der Waals surface area contributed by atoms with E-state index in [1.54, 1.807) is 17.4 Å². The maximum absolute atomic E-state index is 11.0. The van der Waals surface area contributed by atoms with E-state index in [0.717, 1.165) is 12.1 Å². The van der Waals surface area contributed by atoms with Gasteiger partial charge in [-0.25, -0.2) is 0 Å². The van der Waals surface area contributed by atoms with Crippen LogP contribution >= 0.6 is 11.3 Å². The van der Waals surface area contributed by atoms with Gasteiger partial charge in [0.1, 0.15) is 5.69 Å². The summed E-state index contributed by atoms with van der Waals surface area (Å²) in [7, 11) is 0. The molecular formula is C15H19N3O2S. The highest BCUT2D eigenvalue weighted by atomic mass is 32.1. The molecule has 1 heterocycles. The molecule has 5 nitrogen and oxygen atoms in total. The van der Waals surface area contributed by atoms with E-state index in [-0.39, 0.29) is 11.4 Å². The van der Waals surface area contributed by atoms with E-state index in [2.05, 4.69) is 30.2 Å². The van der Waals surface area contributed by atoms with Crippen molar-refractivity contribution in [2.75, 3.05) is 5.73 Å². The Morgan fingerprint density at radius 3 is 2.62 bits per heavy atom. The number of nitrogens with two attached hydrogens (primary N) is 1. The molecular weight excluding hydrogens is 286 g/mol. The fourth-order valence-electron chi connectivity index (χ4n) is 2.14. The fraction of sp³-hybridized carbons (Fsp3) is 0.333. The van der Waals surface area contributed by atoms with Gasteiger partial charge in [-0.1, -0.05) is 18.2 Å². The predicted molar refractivity (Wildman–Crippen MR) is 86.2 cm³/mol. The molecule has 112 valence electrons. The van der Waals surface area contributed by atoms with Gasteiger partial charge in [0.2, 0.25) is 0 Å². The smallest absolute Gasteiger partial charge is 0.292 e. The molecule has 0 aliphatic rings. The van der Waals surface area contributed by atoms with E-state index in [9.17, 15) is 10.1 Å². The lowest BCUT2D eigenvalue weighted by atomic mass is 10.1. The van der Waals surface area contributed by atoms with Gasteiger partial charge < -0.3 is 5.73 Å². The second-order valence-electron chi connectivity index (χ2n) is 5.19. The average molecular weight is 305 g/mol. The molecule has 0 amide bonds. The van der Waals surface area contributed by atoms with Crippen LogP contribution in [0.1, 0.15) is 24.3 Å². The number of nitro benzene ring substituents is 1. The van der Waals surface area contributed by atoms with Gasteiger partial charge in [0.05, 0.1) is 4.92 Å². The quantitative estimate of drug-likeness (QED) is 0.502. The third kappa shape index (κ3) is 3.80. The summed E-state index contributed by atoms with van der Waals surface area (Å²) in [6.45, 7) is 5.64. The molecule has 0 saturated heterocycles. The molecule has 2 aromatic rings. The zero-order valence-corrected chi connectivity index (χ0v) is 13.0. The molecule has 0 aliphatic heterocycles. The van der Waals surface area contributed by atoms with Crippen LogP contribution in [0.3, 0.4) is 0 Å². The van der Waals surface area contributed by atoms with Gasteiger partial charge in [-0.05, 0) is 30.9 Å². The van der Waals surface area contributed by atoms with Crippen LogP contribution in [0.2, 0.25) is 0 Å². The number of rotatable bonds is 6. The van der Waals surface area contributed by atoms with Gasteiger partial charge in [-0.15, -0.1) is 11.3 Å². The largest absolute Gasteiger partial charge is 0.393 e. The zero-order valence-electron chi connectivity index (χ0n) is 12.2. The highest BCUT2D eigenvalue weighted by Crippen LogP contribution is 2.27. The number of nitrogen functional groups attached to an aromatic ring is 1. The van der Waals surface area contributed by atoms with Crippen molar-refractivity contribution in [1.29, 1.82) is 0 Å². The first-order valence-corrected chi connectivity index (χ1v) is 7.65. The second-order valence-corrected chi connectivity index (χ2v) is 6.22. The maximum Gasteiger partial charge on any atom is 0.292 e. The molecule has 0 unspecified atom stereocenters. The van der Waals surface area contributed by atoms with Gasteiger partial charge in [0, 0.05) is 30.1 Å². The van der Waals surface area contributed by atoms with Crippen molar-refractivity contribution >= 4 is 22.7 Å². The minimum Gasteiger partial charge on any atom is -0.393 e. The van der Waals surface area contributed by atoms with E-state index in [1.807, 2.05) is 12.1 Å². The molecule has 0 spiro atoms. The standard InChI is InChI=1S/C15H19N3O2S/c1-11(2)17(10-13-6-4-8-21-13)9-12-5-3-7-14(15(12)16)18(19)20/h3-8,11H,9-10,16H2,1-2H3. The summed E-state index contributed by atoms with van der Waals surface area (Å²) in [5.41, 5.74) is 6.98. The molecule has 0 fully saturated rings. The highest BCUT2D eigenvalue weighted by Gasteiger charge is 2.18. The van der Waals surface area contributed by atoms with E-state index < -0.39 is 4.92 Å². The zero-order chi connectivity index (χ0) is 15.4. The Bertz CT molecular complexity index is 611. The van der Waals surface area contributed by atoms with Crippen LogP contribution in [0.15, 0.2) is 35.7 Å². The van der Waals surface area contributed by atoms with Gasteiger partial charge in [0.15, 0.2) is 0 Å². The lowest BCUT2D eigenvalue weighted by molar-refractivity contribution is -0.384. The SMILES string of the molecule is CC(C)N(Cc1cccs1)Cc1cccc([N+](=O)[O-])c1N. The van der Waals surface area contributed by atoms with E-state index in [1.165, 1.54) is 10.9 Å². The van der Waals surface area contributed by atoms with Crippen molar-refractivity contribution < 1.29 is 4.92 Å². The Labute approximate surface area is 128 Å². The van der Waals surface area contributed by atoms with Gasteiger partial charge in [-0.3, -0.25) is 15.0 Å². The number of nitrogens with zero attached hydrogens (tertiary/aromatic N) is 2. The molecule has 0 aliphatic carbocycles. The molecule has 21 heavy (non-hydrogen) atoms. The van der Waals surface area contributed by atoms with Gasteiger partial charge in [-0.2, -0.15) is 0 Å². The summed E-state index contributed by atoms with van der Waals surface area (Å²) in [5.74, 6) is 0. The number of nitro groups is 1. The van der Waals surface area contributed by atoms with Crippen molar-refractivity contribution in [3.63, 3.8) is 0 Å². The van der Waals surface area contributed by atoms with Crippen LogP contribution in [-0.4, -0.2) is 15.9 Å². The van der Waals surface area contributed by atoms with Crippen LogP contribution in [-0.2, 0) is 13.1 Å². The van der Waals surface area contributed by atoms with Gasteiger partial charge >= 0.3 is 0 Å². The van der Waals surface area contributed by atoms with Crippen molar-refractivity contribution in [2.45, 2.75) is 33.0 Å². The average Bonchev–Trinajstić information content (AvgIpc) is 2.92. The fourth-order valence-corrected chi connectivity index (χ4v) is 2.87. The first kappa shape index (κ1) is 15.5. The number of hydrogen-bond donors (Lipinski definition) is 1. The summed E-state index contributed by atoms with van der Waals surface area (Å²) >= 11 is 1.71. The molecule has 6 heteroatoms. The van der Waals surface area contributed by atoms with E-state index >= 15 is 0 Å². The van der Waals surface area contributed by atoms with Crippen molar-refractivity contribution in [3.05, 3.63) is 56.3 Å². The topological polar surface area (TPSA) is 72.4 Å². The van der Waals surface area contributed by atoms with E-state index in [0.29, 0.717) is 12.6 Å². The Kier molecular flexibility index (Phi) is 4.93. The number of benzene rings is 1. The number of hydrogen-bond acceptors (Lipinski definition) is 5. The maximum atomic E-state index is 11.0. The highest BCUT2D eigenvalue weighted by molar-refractivity contribution is 7.09. The monoisotopic (exact) mass is 305 g/mol. The summed E-state index contributed by atoms with van der Waals surface area (Å²) in [6, 6.07) is 9.43. The summed E-state index contributed by atoms with van der Waals surface area (Å²) in [5, 5.41) is 13.0. The van der Waals surface area contributed by atoms with Crippen molar-refractivity contribution in [1.82, 2.24) is 4.90 Å². The number of thiophene rings is 1. The normalized spacial score (nSPS) is 11.2. The minimum absolute atomic E-state index is 0.0210. The summed E-state index contributed by atoms with van der Waals surface area (Å²) in [4.78, 5) is 14.1. The molecule has 1 aromatic heterocycles. The third-order valence-electron chi connectivity index (χ3n) is 3.41. The summed E-state index contributed by atoms with van der Waals surface area (Å²) < 4.78 is 0. The van der Waals surface area contributed by atoms with Crippen molar-refractivity contribution in [3.8, 4) is 0 Å².